The van der Waals surface area contributed by atoms with Gasteiger partial charge in [-0.2, -0.15) is 0 Å². The third kappa shape index (κ3) is 3.85. The molecule has 0 aliphatic heterocycles. The summed E-state index contributed by atoms with van der Waals surface area (Å²) in [4.78, 5) is 11.1. The molecule has 0 aliphatic carbocycles. The highest BCUT2D eigenvalue weighted by atomic mass is 19.1. The van der Waals surface area contributed by atoms with Gasteiger partial charge in [0.2, 0.25) is 0 Å². The fourth-order valence-electron chi connectivity index (χ4n) is 1.77. The lowest BCUT2D eigenvalue weighted by atomic mass is 9.85. The lowest BCUT2D eigenvalue weighted by Crippen LogP contribution is -2.26. The number of benzene rings is 1. The number of carboxylic acids is 1. The second kappa shape index (κ2) is 6.11. The normalized spacial score (nSPS) is 11.6. The molecule has 1 rings (SSSR count). The Labute approximate surface area is 118 Å². The molecule has 0 spiro atoms. The van der Waals surface area contributed by atoms with E-state index in [4.69, 9.17) is 14.6 Å². The summed E-state index contributed by atoms with van der Waals surface area (Å²) in [6.07, 6.45) is -0.0310. The van der Waals surface area contributed by atoms with Crippen molar-refractivity contribution in [3.8, 4) is 11.5 Å². The molecule has 112 valence electrons. The van der Waals surface area contributed by atoms with E-state index in [0.29, 0.717) is 17.1 Å². The third-order valence-corrected chi connectivity index (χ3v) is 2.91. The molecule has 0 heterocycles. The van der Waals surface area contributed by atoms with Crippen molar-refractivity contribution in [3.63, 3.8) is 0 Å². The van der Waals surface area contributed by atoms with E-state index < -0.39 is 17.2 Å². The molecule has 0 aromatic heterocycles. The number of halogens is 1. The molecule has 4 nitrogen and oxygen atoms in total. The molecule has 0 saturated heterocycles. The van der Waals surface area contributed by atoms with Crippen molar-refractivity contribution in [2.24, 2.45) is 5.41 Å². The second-order valence-electron chi connectivity index (χ2n) is 5.63. The van der Waals surface area contributed by atoms with Crippen LogP contribution in [0, 0.1) is 11.2 Å². The van der Waals surface area contributed by atoms with Crippen LogP contribution in [0.4, 0.5) is 4.39 Å². The van der Waals surface area contributed by atoms with Crippen LogP contribution >= 0.6 is 0 Å². The first-order valence-corrected chi connectivity index (χ1v) is 6.44. The molecule has 0 amide bonds. The maximum Gasteiger partial charge on any atom is 0.309 e. The molecular formula is C15H21FO4. The van der Waals surface area contributed by atoms with Crippen molar-refractivity contribution >= 4 is 5.97 Å². The summed E-state index contributed by atoms with van der Waals surface area (Å²) < 4.78 is 24.7. The van der Waals surface area contributed by atoms with Crippen LogP contribution in [-0.2, 0) is 11.2 Å². The van der Waals surface area contributed by atoms with Crippen LogP contribution in [0.25, 0.3) is 0 Å². The van der Waals surface area contributed by atoms with Crippen LogP contribution in [0.1, 0.15) is 33.3 Å². The lowest BCUT2D eigenvalue weighted by molar-refractivity contribution is -0.146. The summed E-state index contributed by atoms with van der Waals surface area (Å²) in [7, 11) is 1.46. The van der Waals surface area contributed by atoms with Crippen LogP contribution in [0.5, 0.6) is 11.5 Å². The first kappa shape index (κ1) is 16.3. The van der Waals surface area contributed by atoms with E-state index in [-0.39, 0.29) is 12.5 Å². The van der Waals surface area contributed by atoms with Gasteiger partial charge in [-0.1, -0.05) is 0 Å². The Morgan fingerprint density at radius 1 is 1.35 bits per heavy atom. The van der Waals surface area contributed by atoms with E-state index in [2.05, 4.69) is 0 Å². The van der Waals surface area contributed by atoms with Gasteiger partial charge in [-0.05, 0) is 45.7 Å². The molecule has 1 aromatic carbocycles. The maximum absolute atomic E-state index is 14.1. The predicted octanol–water partition coefficient (Wildman–Crippen LogP) is 3.27. The average Bonchev–Trinajstić information content (AvgIpc) is 2.31. The fraction of sp³-hybridized carbons (Fsp3) is 0.533. The van der Waals surface area contributed by atoms with Crippen LogP contribution in [0.15, 0.2) is 12.1 Å². The summed E-state index contributed by atoms with van der Waals surface area (Å²) in [6.45, 7) is 6.77. The average molecular weight is 284 g/mol. The van der Waals surface area contributed by atoms with Gasteiger partial charge in [0.25, 0.3) is 0 Å². The van der Waals surface area contributed by atoms with Gasteiger partial charge in [0.1, 0.15) is 5.82 Å². The summed E-state index contributed by atoms with van der Waals surface area (Å²) in [5, 5.41) is 9.12. The molecule has 0 radical (unpaired) electrons. The molecule has 0 bridgehead atoms. The van der Waals surface area contributed by atoms with Crippen LogP contribution in [0.3, 0.4) is 0 Å². The standard InChI is InChI=1S/C15H21FO4/c1-9(2)20-13-7-11(16)10(6-12(13)19-5)8-15(3,4)14(17)18/h6-7,9H,8H2,1-5H3,(H,17,18). The summed E-state index contributed by atoms with van der Waals surface area (Å²) >= 11 is 0. The predicted molar refractivity (Wildman–Crippen MR) is 73.8 cm³/mol. The molecular weight excluding hydrogens is 263 g/mol. The first-order chi connectivity index (χ1) is 9.17. The SMILES string of the molecule is COc1cc(CC(C)(C)C(=O)O)c(F)cc1OC(C)C. The van der Waals surface area contributed by atoms with E-state index >= 15 is 0 Å². The Morgan fingerprint density at radius 2 is 1.95 bits per heavy atom. The summed E-state index contributed by atoms with van der Waals surface area (Å²) in [5.41, 5.74) is -0.753. The monoisotopic (exact) mass is 284 g/mol. The van der Waals surface area contributed by atoms with E-state index in [9.17, 15) is 9.18 Å². The third-order valence-electron chi connectivity index (χ3n) is 2.91. The van der Waals surface area contributed by atoms with E-state index in [0.717, 1.165) is 0 Å². The molecule has 0 unspecified atom stereocenters. The molecule has 5 heteroatoms. The number of hydrogen-bond donors (Lipinski definition) is 1. The van der Waals surface area contributed by atoms with Crippen LogP contribution < -0.4 is 9.47 Å². The van der Waals surface area contributed by atoms with Crippen molar-refractivity contribution in [2.75, 3.05) is 7.11 Å². The minimum Gasteiger partial charge on any atom is -0.493 e. The van der Waals surface area contributed by atoms with E-state index in [1.165, 1.54) is 19.2 Å². The van der Waals surface area contributed by atoms with E-state index in [1.54, 1.807) is 13.8 Å². The topological polar surface area (TPSA) is 55.8 Å². The number of hydrogen-bond acceptors (Lipinski definition) is 3. The van der Waals surface area contributed by atoms with Gasteiger partial charge in [0, 0.05) is 6.07 Å². The number of rotatable bonds is 6. The quantitative estimate of drug-likeness (QED) is 0.871. The Hall–Kier alpha value is -1.78. The molecule has 20 heavy (non-hydrogen) atoms. The van der Waals surface area contributed by atoms with Crippen molar-refractivity contribution < 1.29 is 23.8 Å². The molecule has 0 atom stereocenters. The highest BCUT2D eigenvalue weighted by Gasteiger charge is 2.29. The second-order valence-corrected chi connectivity index (χ2v) is 5.63. The highest BCUT2D eigenvalue weighted by molar-refractivity contribution is 5.74. The summed E-state index contributed by atoms with van der Waals surface area (Å²) in [6, 6.07) is 2.74. The Kier molecular flexibility index (Phi) is 4.98. The van der Waals surface area contributed by atoms with Gasteiger partial charge in [-0.3, -0.25) is 4.79 Å². The van der Waals surface area contributed by atoms with Gasteiger partial charge < -0.3 is 14.6 Å². The molecule has 0 saturated carbocycles. The Bertz CT molecular complexity index is 495. The Morgan fingerprint density at radius 3 is 2.40 bits per heavy atom. The largest absolute Gasteiger partial charge is 0.493 e. The number of carboxylic acid groups (broad SMARTS) is 1. The zero-order valence-corrected chi connectivity index (χ0v) is 12.5. The van der Waals surface area contributed by atoms with Crippen molar-refractivity contribution in [3.05, 3.63) is 23.5 Å². The van der Waals surface area contributed by atoms with Gasteiger partial charge in [0.05, 0.1) is 18.6 Å². The highest BCUT2D eigenvalue weighted by Crippen LogP contribution is 2.33. The van der Waals surface area contributed by atoms with Crippen molar-refractivity contribution in [1.29, 1.82) is 0 Å². The molecule has 1 N–H and O–H groups in total. The number of carbonyl (C=O) groups is 1. The van der Waals surface area contributed by atoms with Crippen molar-refractivity contribution in [2.45, 2.75) is 40.2 Å². The number of aliphatic carboxylic acids is 1. The summed E-state index contributed by atoms with van der Waals surface area (Å²) in [5.74, 6) is -0.748. The van der Waals surface area contributed by atoms with E-state index in [1.807, 2.05) is 13.8 Å². The van der Waals surface area contributed by atoms with Gasteiger partial charge in [-0.25, -0.2) is 4.39 Å². The molecule has 0 aliphatic rings. The smallest absolute Gasteiger partial charge is 0.309 e. The van der Waals surface area contributed by atoms with Crippen molar-refractivity contribution in [1.82, 2.24) is 0 Å². The zero-order chi connectivity index (χ0) is 15.5. The zero-order valence-electron chi connectivity index (χ0n) is 12.5. The number of ether oxygens (including phenoxy) is 2. The minimum absolute atomic E-state index is 0.0759. The van der Waals surface area contributed by atoms with Gasteiger partial charge in [0.15, 0.2) is 11.5 Å². The van der Waals surface area contributed by atoms with Crippen LogP contribution in [0.2, 0.25) is 0 Å². The number of methoxy groups -OCH3 is 1. The first-order valence-electron chi connectivity index (χ1n) is 6.44. The van der Waals surface area contributed by atoms with Gasteiger partial charge >= 0.3 is 5.97 Å². The molecule has 0 fully saturated rings. The van der Waals surface area contributed by atoms with Gasteiger partial charge in [-0.15, -0.1) is 0 Å². The van der Waals surface area contributed by atoms with Crippen LogP contribution in [-0.4, -0.2) is 24.3 Å². The Balaban J connectivity index is 3.14. The fourth-order valence-corrected chi connectivity index (χ4v) is 1.77. The minimum atomic E-state index is -1.05. The maximum atomic E-state index is 14.1. The lowest BCUT2D eigenvalue weighted by Gasteiger charge is -2.21. The molecule has 1 aromatic rings.